The molecule has 0 fully saturated rings. The van der Waals surface area contributed by atoms with Crippen LogP contribution in [0.5, 0.6) is 0 Å². The van der Waals surface area contributed by atoms with Crippen molar-refractivity contribution in [3.8, 4) is 0 Å². The van der Waals surface area contributed by atoms with Gasteiger partial charge < -0.3 is 5.32 Å². The summed E-state index contributed by atoms with van der Waals surface area (Å²) in [5.74, 6) is 0. The number of hydrogen-bond donors (Lipinski definition) is 1. The predicted octanol–water partition coefficient (Wildman–Crippen LogP) is 3.39. The first-order valence-corrected chi connectivity index (χ1v) is 7.98. The van der Waals surface area contributed by atoms with Gasteiger partial charge in [0.25, 0.3) is 0 Å². The molecule has 0 unspecified atom stereocenters. The van der Waals surface area contributed by atoms with Crippen LogP contribution in [0.4, 0.5) is 0 Å². The van der Waals surface area contributed by atoms with Gasteiger partial charge in [-0.2, -0.15) is 5.10 Å². The van der Waals surface area contributed by atoms with E-state index in [2.05, 4.69) is 21.5 Å². The molecule has 0 bridgehead atoms. The second kappa shape index (κ2) is 7.40. The van der Waals surface area contributed by atoms with Crippen LogP contribution in [-0.4, -0.2) is 21.3 Å². The maximum atomic E-state index is 6.15. The zero-order valence-electron chi connectivity index (χ0n) is 13.0. The van der Waals surface area contributed by atoms with E-state index in [0.29, 0.717) is 0 Å². The number of nitrogens with one attached hydrogen (secondary N) is 1. The van der Waals surface area contributed by atoms with E-state index in [4.69, 9.17) is 11.6 Å². The van der Waals surface area contributed by atoms with Gasteiger partial charge in [-0.05, 0) is 35.9 Å². The molecule has 2 aromatic heterocycles. The molecule has 0 saturated heterocycles. The minimum atomic E-state index is 0.0168. The molecule has 3 rings (SSSR count). The SMILES string of the molecule is Cn1nccc1CCN[C@H](c1cccc(Cl)c1)c1ccccn1. The van der Waals surface area contributed by atoms with E-state index in [9.17, 15) is 0 Å². The van der Waals surface area contributed by atoms with Crippen molar-refractivity contribution < 1.29 is 0 Å². The van der Waals surface area contributed by atoms with Gasteiger partial charge in [-0.25, -0.2) is 0 Å². The van der Waals surface area contributed by atoms with Crippen molar-refractivity contribution in [1.82, 2.24) is 20.1 Å². The predicted molar refractivity (Wildman–Crippen MR) is 92.4 cm³/mol. The largest absolute Gasteiger partial charge is 0.305 e. The van der Waals surface area contributed by atoms with E-state index in [-0.39, 0.29) is 6.04 Å². The third-order valence-corrected chi connectivity index (χ3v) is 4.05. The Hall–Kier alpha value is -2.17. The third-order valence-electron chi connectivity index (χ3n) is 3.82. The number of rotatable bonds is 6. The van der Waals surface area contributed by atoms with Gasteiger partial charge in [0.1, 0.15) is 0 Å². The number of aryl methyl sites for hydroxylation is 1. The maximum absolute atomic E-state index is 6.15. The Morgan fingerprint density at radius 1 is 1.13 bits per heavy atom. The number of benzene rings is 1. The maximum Gasteiger partial charge on any atom is 0.0752 e. The number of pyridine rings is 1. The Morgan fingerprint density at radius 2 is 2.04 bits per heavy atom. The molecule has 1 N–H and O–H groups in total. The highest BCUT2D eigenvalue weighted by Crippen LogP contribution is 2.23. The van der Waals surface area contributed by atoms with Gasteiger partial charge in [-0.3, -0.25) is 9.67 Å². The summed E-state index contributed by atoms with van der Waals surface area (Å²) < 4.78 is 1.90. The number of nitrogens with zero attached hydrogens (tertiary/aromatic N) is 3. The van der Waals surface area contributed by atoms with Gasteiger partial charge >= 0.3 is 0 Å². The molecule has 23 heavy (non-hydrogen) atoms. The lowest BCUT2D eigenvalue weighted by Gasteiger charge is -2.19. The van der Waals surface area contributed by atoms with Gasteiger partial charge in [0, 0.05) is 43.1 Å². The Bertz CT molecular complexity index is 754. The summed E-state index contributed by atoms with van der Waals surface area (Å²) in [6, 6.07) is 15.9. The Labute approximate surface area is 141 Å². The highest BCUT2D eigenvalue weighted by atomic mass is 35.5. The molecular weight excluding hydrogens is 308 g/mol. The van der Waals surface area contributed by atoms with Crippen LogP contribution in [0.3, 0.4) is 0 Å². The lowest BCUT2D eigenvalue weighted by atomic mass is 10.0. The third kappa shape index (κ3) is 3.97. The lowest BCUT2D eigenvalue weighted by molar-refractivity contribution is 0.578. The highest BCUT2D eigenvalue weighted by Gasteiger charge is 2.15. The van der Waals surface area contributed by atoms with Crippen LogP contribution in [0.25, 0.3) is 0 Å². The average Bonchev–Trinajstić information content (AvgIpc) is 2.97. The van der Waals surface area contributed by atoms with E-state index in [1.54, 1.807) is 0 Å². The van der Waals surface area contributed by atoms with E-state index in [1.165, 1.54) is 5.69 Å². The molecular formula is C18H19ClN4. The van der Waals surface area contributed by atoms with Crippen LogP contribution in [0.2, 0.25) is 5.02 Å². The van der Waals surface area contributed by atoms with Crippen molar-refractivity contribution in [2.75, 3.05) is 6.54 Å². The smallest absolute Gasteiger partial charge is 0.0752 e. The van der Waals surface area contributed by atoms with Gasteiger partial charge in [-0.15, -0.1) is 0 Å². The first-order chi connectivity index (χ1) is 11.2. The zero-order valence-corrected chi connectivity index (χ0v) is 13.7. The molecule has 0 amide bonds. The minimum absolute atomic E-state index is 0.0168. The average molecular weight is 327 g/mol. The van der Waals surface area contributed by atoms with Crippen molar-refractivity contribution >= 4 is 11.6 Å². The van der Waals surface area contributed by atoms with Crippen molar-refractivity contribution in [2.24, 2.45) is 7.05 Å². The van der Waals surface area contributed by atoms with Crippen LogP contribution in [0.15, 0.2) is 60.9 Å². The minimum Gasteiger partial charge on any atom is -0.305 e. The number of halogens is 1. The summed E-state index contributed by atoms with van der Waals surface area (Å²) in [6.07, 6.45) is 4.54. The number of hydrogen-bond acceptors (Lipinski definition) is 3. The highest BCUT2D eigenvalue weighted by molar-refractivity contribution is 6.30. The molecule has 118 valence electrons. The summed E-state index contributed by atoms with van der Waals surface area (Å²) in [5.41, 5.74) is 3.30. The van der Waals surface area contributed by atoms with Crippen molar-refractivity contribution in [3.63, 3.8) is 0 Å². The van der Waals surface area contributed by atoms with Crippen LogP contribution in [-0.2, 0) is 13.5 Å². The molecule has 3 aromatic rings. The first-order valence-electron chi connectivity index (χ1n) is 7.60. The molecule has 0 aliphatic rings. The molecule has 0 radical (unpaired) electrons. The molecule has 5 heteroatoms. The van der Waals surface area contributed by atoms with Crippen LogP contribution in [0.1, 0.15) is 23.0 Å². The van der Waals surface area contributed by atoms with E-state index in [1.807, 2.05) is 66.6 Å². The summed E-state index contributed by atoms with van der Waals surface area (Å²) in [4.78, 5) is 4.50. The second-order valence-electron chi connectivity index (χ2n) is 5.39. The van der Waals surface area contributed by atoms with E-state index < -0.39 is 0 Å². The first kappa shape index (κ1) is 15.7. The fourth-order valence-electron chi connectivity index (χ4n) is 2.62. The molecule has 1 aromatic carbocycles. The van der Waals surface area contributed by atoms with Gasteiger partial charge in [-0.1, -0.05) is 29.8 Å². The topological polar surface area (TPSA) is 42.7 Å². The standard InChI is InChI=1S/C18H19ClN4/c1-23-16(9-12-22-23)8-11-21-18(17-7-2-3-10-20-17)14-5-4-6-15(19)13-14/h2-7,9-10,12-13,18,21H,8,11H2,1H3/t18-/m1/s1. The molecule has 0 aliphatic carbocycles. The summed E-state index contributed by atoms with van der Waals surface area (Å²) >= 11 is 6.15. The fourth-order valence-corrected chi connectivity index (χ4v) is 2.82. The normalized spacial score (nSPS) is 12.3. The second-order valence-corrected chi connectivity index (χ2v) is 5.83. The Balaban J connectivity index is 1.77. The Morgan fingerprint density at radius 3 is 2.74 bits per heavy atom. The fraction of sp³-hybridized carbons (Fsp3) is 0.222. The van der Waals surface area contributed by atoms with Crippen molar-refractivity contribution in [3.05, 3.63) is 82.9 Å². The quantitative estimate of drug-likeness (QED) is 0.755. The van der Waals surface area contributed by atoms with Gasteiger partial charge in [0.05, 0.1) is 11.7 Å². The molecule has 0 saturated carbocycles. The van der Waals surface area contributed by atoms with Gasteiger partial charge in [0.15, 0.2) is 0 Å². The van der Waals surface area contributed by atoms with E-state index in [0.717, 1.165) is 29.2 Å². The summed E-state index contributed by atoms with van der Waals surface area (Å²) in [7, 11) is 1.96. The molecule has 0 aliphatic heterocycles. The molecule has 2 heterocycles. The molecule has 0 spiro atoms. The monoisotopic (exact) mass is 326 g/mol. The van der Waals surface area contributed by atoms with Crippen molar-refractivity contribution in [2.45, 2.75) is 12.5 Å². The van der Waals surface area contributed by atoms with Crippen LogP contribution < -0.4 is 5.32 Å². The number of aromatic nitrogens is 3. The van der Waals surface area contributed by atoms with Gasteiger partial charge in [0.2, 0.25) is 0 Å². The molecule has 1 atom stereocenters. The summed E-state index contributed by atoms with van der Waals surface area (Å²) in [6.45, 7) is 0.827. The van der Waals surface area contributed by atoms with Crippen LogP contribution >= 0.6 is 11.6 Å². The lowest BCUT2D eigenvalue weighted by Crippen LogP contribution is -2.26. The van der Waals surface area contributed by atoms with Crippen molar-refractivity contribution in [1.29, 1.82) is 0 Å². The molecule has 4 nitrogen and oxygen atoms in total. The van der Waals surface area contributed by atoms with Crippen LogP contribution in [0, 0.1) is 0 Å². The Kier molecular flexibility index (Phi) is 5.05. The van der Waals surface area contributed by atoms with E-state index >= 15 is 0 Å². The summed E-state index contributed by atoms with van der Waals surface area (Å²) in [5, 5.41) is 8.52. The zero-order chi connectivity index (χ0) is 16.1.